The van der Waals surface area contributed by atoms with Crippen LogP contribution in [-0.4, -0.2) is 5.11 Å². The summed E-state index contributed by atoms with van der Waals surface area (Å²) >= 11 is 5.26. The molecule has 0 saturated heterocycles. The molecule has 0 aliphatic heterocycles. The Hall–Kier alpha value is -0.840. The maximum atomic E-state index is 10.1. The SMILES string of the molecule is CCC(NC(CC)c1cc(Br)ccc1O)c1cccs1. The molecule has 2 nitrogen and oxygen atoms in total. The number of benzene rings is 1. The van der Waals surface area contributed by atoms with Gasteiger partial charge >= 0.3 is 0 Å². The molecule has 2 N–H and O–H groups in total. The van der Waals surface area contributed by atoms with Gasteiger partial charge in [-0.2, -0.15) is 0 Å². The summed E-state index contributed by atoms with van der Waals surface area (Å²) in [6.45, 7) is 4.32. The molecule has 2 unspecified atom stereocenters. The number of hydrogen-bond donors (Lipinski definition) is 2. The van der Waals surface area contributed by atoms with Gasteiger partial charge in [0.1, 0.15) is 5.75 Å². The van der Waals surface area contributed by atoms with Gasteiger partial charge in [-0.3, -0.25) is 0 Å². The topological polar surface area (TPSA) is 32.3 Å². The molecule has 0 amide bonds. The minimum atomic E-state index is 0.152. The largest absolute Gasteiger partial charge is 0.508 e. The number of rotatable bonds is 6. The molecule has 0 fully saturated rings. The highest BCUT2D eigenvalue weighted by Gasteiger charge is 2.19. The fourth-order valence-electron chi connectivity index (χ4n) is 2.37. The van der Waals surface area contributed by atoms with Crippen LogP contribution in [0.4, 0.5) is 0 Å². The average molecular weight is 354 g/mol. The van der Waals surface area contributed by atoms with Gasteiger partial charge in [-0.1, -0.05) is 35.8 Å². The summed E-state index contributed by atoms with van der Waals surface area (Å²) in [5.41, 5.74) is 0.955. The van der Waals surface area contributed by atoms with E-state index in [1.54, 1.807) is 17.4 Å². The van der Waals surface area contributed by atoms with Crippen LogP contribution in [0, 0.1) is 0 Å². The van der Waals surface area contributed by atoms with Crippen LogP contribution in [0.2, 0.25) is 0 Å². The lowest BCUT2D eigenvalue weighted by Crippen LogP contribution is -2.25. The van der Waals surface area contributed by atoms with E-state index in [4.69, 9.17) is 0 Å². The maximum Gasteiger partial charge on any atom is 0.120 e. The summed E-state index contributed by atoms with van der Waals surface area (Å²) in [5.74, 6) is 0.355. The van der Waals surface area contributed by atoms with E-state index in [9.17, 15) is 5.11 Å². The Bertz CT molecular complexity index is 541. The second-order valence-corrected chi connectivity index (χ2v) is 6.70. The van der Waals surface area contributed by atoms with Crippen molar-refractivity contribution in [3.05, 3.63) is 50.6 Å². The molecule has 0 radical (unpaired) electrons. The van der Waals surface area contributed by atoms with E-state index in [-0.39, 0.29) is 6.04 Å². The minimum absolute atomic E-state index is 0.152. The Morgan fingerprint density at radius 1 is 1.20 bits per heavy atom. The first-order chi connectivity index (χ1) is 9.65. The first-order valence-electron chi connectivity index (χ1n) is 6.93. The monoisotopic (exact) mass is 353 g/mol. The maximum absolute atomic E-state index is 10.1. The number of phenols is 1. The predicted octanol–water partition coefficient (Wildman–Crippen LogP) is 5.41. The third kappa shape index (κ3) is 3.62. The first kappa shape index (κ1) is 15.5. The Morgan fingerprint density at radius 2 is 1.95 bits per heavy atom. The molecule has 108 valence electrons. The normalized spacial score (nSPS) is 14.2. The lowest BCUT2D eigenvalue weighted by Gasteiger charge is -2.24. The Kier molecular flexibility index (Phi) is 5.64. The number of nitrogens with one attached hydrogen (secondary N) is 1. The van der Waals surface area contributed by atoms with Gasteiger partial charge in [-0.25, -0.2) is 0 Å². The van der Waals surface area contributed by atoms with Crippen molar-refractivity contribution < 1.29 is 5.11 Å². The van der Waals surface area contributed by atoms with Crippen molar-refractivity contribution in [3.8, 4) is 5.75 Å². The van der Waals surface area contributed by atoms with Gasteiger partial charge in [-0.15, -0.1) is 11.3 Å². The molecule has 0 aliphatic rings. The van der Waals surface area contributed by atoms with Gasteiger partial charge < -0.3 is 10.4 Å². The minimum Gasteiger partial charge on any atom is -0.508 e. The zero-order valence-electron chi connectivity index (χ0n) is 11.8. The van der Waals surface area contributed by atoms with Crippen molar-refractivity contribution >= 4 is 27.3 Å². The molecule has 20 heavy (non-hydrogen) atoms. The standard InChI is InChI=1S/C16H20BrNOS/c1-3-13(12-10-11(17)7-8-15(12)19)18-14(4-2)16-6-5-9-20-16/h5-10,13-14,18-19H,3-4H2,1-2H3. The van der Waals surface area contributed by atoms with Crippen LogP contribution in [0.3, 0.4) is 0 Å². The number of halogens is 1. The van der Waals surface area contributed by atoms with E-state index >= 15 is 0 Å². The van der Waals surface area contributed by atoms with Crippen LogP contribution in [0.5, 0.6) is 5.75 Å². The van der Waals surface area contributed by atoms with Crippen LogP contribution in [0.15, 0.2) is 40.2 Å². The molecular formula is C16H20BrNOS. The molecule has 1 heterocycles. The zero-order valence-corrected chi connectivity index (χ0v) is 14.2. The number of aromatic hydroxyl groups is 1. The van der Waals surface area contributed by atoms with Crippen molar-refractivity contribution in [3.63, 3.8) is 0 Å². The summed E-state index contributed by atoms with van der Waals surface area (Å²) in [7, 11) is 0. The van der Waals surface area contributed by atoms with Crippen molar-refractivity contribution in [2.75, 3.05) is 0 Å². The molecule has 2 atom stereocenters. The van der Waals surface area contributed by atoms with Crippen molar-refractivity contribution in [1.82, 2.24) is 5.32 Å². The lowest BCUT2D eigenvalue weighted by atomic mass is 10.0. The Morgan fingerprint density at radius 3 is 2.55 bits per heavy atom. The third-order valence-electron chi connectivity index (χ3n) is 3.47. The summed E-state index contributed by atoms with van der Waals surface area (Å²) in [4.78, 5) is 1.35. The molecule has 1 aromatic heterocycles. The highest BCUT2D eigenvalue weighted by Crippen LogP contribution is 2.32. The van der Waals surface area contributed by atoms with Gasteiger partial charge in [-0.05, 0) is 42.5 Å². The second kappa shape index (κ2) is 7.25. The van der Waals surface area contributed by atoms with Gasteiger partial charge in [0.25, 0.3) is 0 Å². The molecule has 1 aromatic carbocycles. The van der Waals surface area contributed by atoms with Gasteiger partial charge in [0.05, 0.1) is 0 Å². The molecule has 2 aromatic rings. The van der Waals surface area contributed by atoms with E-state index in [0.717, 1.165) is 22.9 Å². The van der Waals surface area contributed by atoms with Crippen molar-refractivity contribution in [2.45, 2.75) is 38.8 Å². The van der Waals surface area contributed by atoms with E-state index < -0.39 is 0 Å². The van der Waals surface area contributed by atoms with Crippen LogP contribution in [0.25, 0.3) is 0 Å². The van der Waals surface area contributed by atoms with E-state index in [1.165, 1.54) is 4.88 Å². The fraction of sp³-hybridized carbons (Fsp3) is 0.375. The van der Waals surface area contributed by atoms with Crippen molar-refractivity contribution in [1.29, 1.82) is 0 Å². The molecule has 0 bridgehead atoms. The number of phenolic OH excluding ortho intramolecular Hbond substituents is 1. The summed E-state index contributed by atoms with van der Waals surface area (Å²) in [6.07, 6.45) is 1.97. The second-order valence-electron chi connectivity index (χ2n) is 4.81. The van der Waals surface area contributed by atoms with Gasteiger partial charge in [0, 0.05) is 27.0 Å². The molecule has 2 rings (SSSR count). The highest BCUT2D eigenvalue weighted by molar-refractivity contribution is 9.10. The zero-order chi connectivity index (χ0) is 14.5. The Labute approximate surface area is 133 Å². The number of thiophene rings is 1. The smallest absolute Gasteiger partial charge is 0.120 e. The molecule has 4 heteroatoms. The molecule has 0 spiro atoms. The lowest BCUT2D eigenvalue weighted by molar-refractivity contribution is 0.405. The summed E-state index contributed by atoms with van der Waals surface area (Å²) < 4.78 is 0.995. The van der Waals surface area contributed by atoms with Crippen LogP contribution >= 0.6 is 27.3 Å². The quantitative estimate of drug-likeness (QED) is 0.727. The number of hydrogen-bond acceptors (Lipinski definition) is 3. The predicted molar refractivity (Wildman–Crippen MR) is 89.3 cm³/mol. The van der Waals surface area contributed by atoms with Gasteiger partial charge in [0.2, 0.25) is 0 Å². The van der Waals surface area contributed by atoms with Crippen LogP contribution in [0.1, 0.15) is 49.2 Å². The fourth-order valence-corrected chi connectivity index (χ4v) is 3.61. The van der Waals surface area contributed by atoms with Crippen LogP contribution < -0.4 is 5.32 Å². The highest BCUT2D eigenvalue weighted by atomic mass is 79.9. The summed E-state index contributed by atoms with van der Waals surface area (Å²) in [5, 5.41) is 15.9. The molecular weight excluding hydrogens is 334 g/mol. The molecule has 0 saturated carbocycles. The Balaban J connectivity index is 2.21. The van der Waals surface area contributed by atoms with E-state index in [1.807, 2.05) is 12.1 Å². The third-order valence-corrected chi connectivity index (χ3v) is 4.95. The van der Waals surface area contributed by atoms with Crippen LogP contribution in [-0.2, 0) is 0 Å². The first-order valence-corrected chi connectivity index (χ1v) is 8.60. The van der Waals surface area contributed by atoms with E-state index in [2.05, 4.69) is 52.6 Å². The van der Waals surface area contributed by atoms with Gasteiger partial charge in [0.15, 0.2) is 0 Å². The van der Waals surface area contributed by atoms with Crippen molar-refractivity contribution in [2.24, 2.45) is 0 Å². The molecule has 0 aliphatic carbocycles. The average Bonchev–Trinajstić information content (AvgIpc) is 2.97. The summed E-state index contributed by atoms with van der Waals surface area (Å²) in [6, 6.07) is 10.3. The van der Waals surface area contributed by atoms with E-state index in [0.29, 0.717) is 11.8 Å².